The molecule has 3 rings (SSSR count). The fourth-order valence-corrected chi connectivity index (χ4v) is 4.69. The van der Waals surface area contributed by atoms with E-state index in [1.807, 2.05) is 0 Å². The van der Waals surface area contributed by atoms with Gasteiger partial charge < -0.3 is 10.6 Å². The second-order valence-electron chi connectivity index (χ2n) is 6.99. The first-order valence-electron chi connectivity index (χ1n) is 9.15. The van der Waals surface area contributed by atoms with Crippen molar-refractivity contribution in [3.63, 3.8) is 0 Å². The first-order valence-corrected chi connectivity index (χ1v) is 9.96. The molecular formula is C18H30N4S. The molecule has 0 aliphatic heterocycles. The van der Waals surface area contributed by atoms with E-state index in [4.69, 9.17) is 4.99 Å². The molecule has 0 amide bonds. The Morgan fingerprint density at radius 2 is 2.04 bits per heavy atom. The molecule has 0 spiro atoms. The summed E-state index contributed by atoms with van der Waals surface area (Å²) >= 11 is 1.76. The van der Waals surface area contributed by atoms with Crippen molar-refractivity contribution < 1.29 is 0 Å². The first kappa shape index (κ1) is 16.7. The third-order valence-corrected chi connectivity index (χ3v) is 6.20. The van der Waals surface area contributed by atoms with Gasteiger partial charge in [0, 0.05) is 17.5 Å². The highest BCUT2D eigenvalue weighted by Gasteiger charge is 2.43. The Hall–Kier alpha value is -1.10. The maximum absolute atomic E-state index is 4.78. The number of thiazole rings is 1. The van der Waals surface area contributed by atoms with Crippen LogP contribution in [-0.4, -0.2) is 23.5 Å². The van der Waals surface area contributed by atoms with Crippen LogP contribution in [0.4, 0.5) is 0 Å². The van der Waals surface area contributed by atoms with Crippen molar-refractivity contribution in [1.82, 2.24) is 15.6 Å². The van der Waals surface area contributed by atoms with Gasteiger partial charge in [-0.3, -0.25) is 0 Å². The van der Waals surface area contributed by atoms with Gasteiger partial charge in [0.1, 0.15) is 0 Å². The molecule has 5 heteroatoms. The van der Waals surface area contributed by atoms with Gasteiger partial charge in [0.15, 0.2) is 5.96 Å². The van der Waals surface area contributed by atoms with Gasteiger partial charge in [0.25, 0.3) is 0 Å². The highest BCUT2D eigenvalue weighted by atomic mass is 32.1. The number of rotatable bonds is 5. The van der Waals surface area contributed by atoms with Gasteiger partial charge in [-0.15, -0.1) is 11.3 Å². The molecule has 2 saturated carbocycles. The van der Waals surface area contributed by atoms with Gasteiger partial charge in [-0.25, -0.2) is 9.98 Å². The normalized spacial score (nSPS) is 25.4. The fraction of sp³-hybridized carbons (Fsp3) is 0.778. The summed E-state index contributed by atoms with van der Waals surface area (Å²) in [6.45, 7) is 7.91. The maximum atomic E-state index is 4.78. The summed E-state index contributed by atoms with van der Waals surface area (Å²) in [5, 5.41) is 8.19. The van der Waals surface area contributed by atoms with Gasteiger partial charge in [0.2, 0.25) is 0 Å². The average molecular weight is 335 g/mol. The van der Waals surface area contributed by atoms with E-state index in [9.17, 15) is 0 Å². The third-order valence-electron chi connectivity index (χ3n) is 5.14. The summed E-state index contributed by atoms with van der Waals surface area (Å²) in [6.07, 6.45) is 8.52. The summed E-state index contributed by atoms with van der Waals surface area (Å²) in [4.78, 5) is 10.5. The van der Waals surface area contributed by atoms with Crippen LogP contribution in [0.15, 0.2) is 4.99 Å². The molecule has 1 aromatic rings. The van der Waals surface area contributed by atoms with Crippen LogP contribution in [0, 0.1) is 25.7 Å². The fourth-order valence-electron chi connectivity index (χ4n) is 3.83. The highest BCUT2D eigenvalue weighted by Crippen LogP contribution is 2.44. The number of nitrogens with zero attached hydrogens (tertiary/aromatic N) is 2. The first-order chi connectivity index (χ1) is 11.2. The molecule has 0 saturated heterocycles. The Bertz CT molecular complexity index is 545. The lowest BCUT2D eigenvalue weighted by Gasteiger charge is -2.22. The summed E-state index contributed by atoms with van der Waals surface area (Å²) < 4.78 is 0. The van der Waals surface area contributed by atoms with Crippen LogP contribution in [0.2, 0.25) is 0 Å². The number of hydrogen-bond donors (Lipinski definition) is 2. The van der Waals surface area contributed by atoms with Crippen LogP contribution in [0.1, 0.15) is 61.0 Å². The summed E-state index contributed by atoms with van der Waals surface area (Å²) in [5.74, 6) is 2.81. The summed E-state index contributed by atoms with van der Waals surface area (Å²) in [6, 6.07) is 0.639. The second kappa shape index (κ2) is 7.65. The van der Waals surface area contributed by atoms with Crippen molar-refractivity contribution in [1.29, 1.82) is 0 Å². The van der Waals surface area contributed by atoms with E-state index >= 15 is 0 Å². The predicted octanol–water partition coefficient (Wildman–Crippen LogP) is 3.78. The minimum Gasteiger partial charge on any atom is -0.357 e. The predicted molar refractivity (Wildman–Crippen MR) is 98.0 cm³/mol. The van der Waals surface area contributed by atoms with Crippen LogP contribution in [0.25, 0.3) is 0 Å². The molecule has 23 heavy (non-hydrogen) atoms. The zero-order valence-electron chi connectivity index (χ0n) is 14.7. The molecule has 128 valence electrons. The standard InChI is InChI=1S/C18H30N4S/c1-4-19-18(20-11-17-12(2)21-13(3)23-17)22-16-10-15(16)14-8-6-5-7-9-14/h14-16H,4-11H2,1-3H3,(H2,19,20,22). The Labute approximate surface area is 144 Å². The van der Waals surface area contributed by atoms with Gasteiger partial charge in [-0.05, 0) is 39.0 Å². The van der Waals surface area contributed by atoms with Crippen LogP contribution in [0.5, 0.6) is 0 Å². The number of guanidine groups is 1. The SMILES string of the molecule is CCNC(=NCc1sc(C)nc1C)NC1CC1C1CCCCC1. The van der Waals surface area contributed by atoms with Gasteiger partial charge in [0.05, 0.1) is 17.2 Å². The van der Waals surface area contributed by atoms with Gasteiger partial charge in [-0.2, -0.15) is 0 Å². The van der Waals surface area contributed by atoms with E-state index < -0.39 is 0 Å². The van der Waals surface area contributed by atoms with Crippen molar-refractivity contribution in [2.24, 2.45) is 16.8 Å². The highest BCUT2D eigenvalue weighted by molar-refractivity contribution is 7.11. The van der Waals surface area contributed by atoms with Gasteiger partial charge in [-0.1, -0.05) is 32.1 Å². The van der Waals surface area contributed by atoms with Crippen LogP contribution >= 0.6 is 11.3 Å². The minimum absolute atomic E-state index is 0.639. The van der Waals surface area contributed by atoms with E-state index in [2.05, 4.69) is 36.4 Å². The molecule has 2 aliphatic carbocycles. The molecule has 4 nitrogen and oxygen atoms in total. The number of aliphatic imine (C=N–C) groups is 1. The lowest BCUT2D eigenvalue weighted by molar-refractivity contribution is 0.315. The van der Waals surface area contributed by atoms with Crippen molar-refractivity contribution >= 4 is 17.3 Å². The molecule has 2 unspecified atom stereocenters. The Morgan fingerprint density at radius 1 is 1.26 bits per heavy atom. The molecule has 0 aromatic carbocycles. The molecule has 1 heterocycles. The molecule has 0 radical (unpaired) electrons. The second-order valence-corrected chi connectivity index (χ2v) is 8.27. The zero-order chi connectivity index (χ0) is 16.2. The van der Waals surface area contributed by atoms with Crippen molar-refractivity contribution in [2.45, 2.75) is 71.9 Å². The summed E-state index contributed by atoms with van der Waals surface area (Å²) in [7, 11) is 0. The molecule has 2 N–H and O–H groups in total. The Kier molecular flexibility index (Phi) is 5.57. The van der Waals surface area contributed by atoms with E-state index in [0.717, 1.165) is 41.6 Å². The number of hydrogen-bond acceptors (Lipinski definition) is 3. The van der Waals surface area contributed by atoms with Crippen molar-refractivity contribution in [3.05, 3.63) is 15.6 Å². The molecule has 2 atom stereocenters. The Morgan fingerprint density at radius 3 is 2.70 bits per heavy atom. The van der Waals surface area contributed by atoms with E-state index in [1.54, 1.807) is 11.3 Å². The monoisotopic (exact) mass is 334 g/mol. The smallest absolute Gasteiger partial charge is 0.191 e. The molecule has 1 aromatic heterocycles. The molecule has 2 fully saturated rings. The van der Waals surface area contributed by atoms with Crippen molar-refractivity contribution in [3.8, 4) is 0 Å². The third kappa shape index (κ3) is 4.46. The maximum Gasteiger partial charge on any atom is 0.191 e. The van der Waals surface area contributed by atoms with Crippen molar-refractivity contribution in [2.75, 3.05) is 6.54 Å². The minimum atomic E-state index is 0.639. The van der Waals surface area contributed by atoms with E-state index in [0.29, 0.717) is 6.04 Å². The lowest BCUT2D eigenvalue weighted by Crippen LogP contribution is -2.39. The molecule has 2 aliphatic rings. The van der Waals surface area contributed by atoms with Crippen LogP contribution in [-0.2, 0) is 6.54 Å². The zero-order valence-corrected chi connectivity index (χ0v) is 15.5. The number of aryl methyl sites for hydroxylation is 2. The largest absolute Gasteiger partial charge is 0.357 e. The topological polar surface area (TPSA) is 49.3 Å². The van der Waals surface area contributed by atoms with Crippen LogP contribution < -0.4 is 10.6 Å². The Balaban J connectivity index is 1.54. The number of nitrogens with one attached hydrogen (secondary N) is 2. The summed E-state index contributed by atoms with van der Waals surface area (Å²) in [5.41, 5.74) is 1.12. The number of aromatic nitrogens is 1. The van der Waals surface area contributed by atoms with E-state index in [1.165, 1.54) is 43.4 Å². The molecular weight excluding hydrogens is 304 g/mol. The average Bonchev–Trinajstić information content (AvgIpc) is 3.23. The van der Waals surface area contributed by atoms with Crippen LogP contribution in [0.3, 0.4) is 0 Å². The molecule has 0 bridgehead atoms. The lowest BCUT2D eigenvalue weighted by atomic mass is 9.85. The quantitative estimate of drug-likeness (QED) is 0.636. The van der Waals surface area contributed by atoms with E-state index in [-0.39, 0.29) is 0 Å². The van der Waals surface area contributed by atoms with Gasteiger partial charge >= 0.3 is 0 Å².